The Bertz CT molecular complexity index is 217. The van der Waals surface area contributed by atoms with Crippen LogP contribution in [-0.2, 0) is 4.79 Å². The van der Waals surface area contributed by atoms with Gasteiger partial charge in [0.05, 0.1) is 0 Å². The molecule has 0 aromatic carbocycles. The first-order valence-corrected chi connectivity index (χ1v) is 8.99. The van der Waals surface area contributed by atoms with E-state index in [0.29, 0.717) is 6.42 Å². The number of hydrogen-bond donors (Lipinski definition) is 1. The van der Waals surface area contributed by atoms with Gasteiger partial charge in [-0.15, -0.1) is 0 Å². The van der Waals surface area contributed by atoms with E-state index >= 15 is 0 Å². The molecule has 0 heterocycles. The summed E-state index contributed by atoms with van der Waals surface area (Å²) >= 11 is 0. The minimum absolute atomic E-state index is 0. The zero-order valence-electron chi connectivity index (χ0n) is 16.4. The van der Waals surface area contributed by atoms with Gasteiger partial charge in [-0.1, -0.05) is 96.8 Å². The van der Waals surface area contributed by atoms with Crippen molar-refractivity contribution in [2.24, 2.45) is 0 Å². The molecule has 0 amide bonds. The van der Waals surface area contributed by atoms with E-state index in [4.69, 9.17) is 5.11 Å². The molecule has 2 nitrogen and oxygen atoms in total. The summed E-state index contributed by atoms with van der Waals surface area (Å²) in [6.07, 6.45) is 20.2. The van der Waals surface area contributed by atoms with Gasteiger partial charge >= 0.3 is 16.1 Å². The van der Waals surface area contributed by atoms with Gasteiger partial charge in [0.2, 0.25) is 0 Å². The molecule has 124 valence electrons. The van der Waals surface area contributed by atoms with Crippen LogP contribution in [0.2, 0.25) is 0 Å². The van der Waals surface area contributed by atoms with E-state index in [-0.39, 0.29) is 13.0 Å². The van der Waals surface area contributed by atoms with Crippen molar-refractivity contribution in [3.8, 4) is 0 Å². The Morgan fingerprint density at radius 1 is 0.667 bits per heavy atom. The molecule has 0 spiro atoms. The van der Waals surface area contributed by atoms with E-state index < -0.39 is 5.97 Å². The second-order valence-corrected chi connectivity index (χ2v) is 6.09. The fraction of sp³-hybridized carbons (Fsp3) is 0.944. The second-order valence-electron chi connectivity index (χ2n) is 6.09. The molecular formula is C18H38BeO2. The molecule has 0 aliphatic rings. The second kappa shape index (κ2) is 19.6. The average molecular weight is 296 g/mol. The van der Waals surface area contributed by atoms with Crippen molar-refractivity contribution in [1.29, 1.82) is 0 Å². The number of rotatable bonds is 16. The maximum atomic E-state index is 10.3. The number of unbranched alkanes of at least 4 members (excludes halogenated alkanes) is 14. The fourth-order valence-corrected chi connectivity index (χ4v) is 2.65. The van der Waals surface area contributed by atoms with Crippen molar-refractivity contribution >= 4 is 16.1 Å². The molecule has 0 aromatic rings. The molecule has 0 aliphatic heterocycles. The van der Waals surface area contributed by atoms with Crippen LogP contribution in [-0.4, -0.2) is 21.2 Å². The maximum absolute atomic E-state index is 10.3. The smallest absolute Gasteiger partial charge is 1.00 e. The molecule has 0 fully saturated rings. The Kier molecular flexibility index (Phi) is 21.4. The quantitative estimate of drug-likeness (QED) is 0.273. The van der Waals surface area contributed by atoms with Crippen LogP contribution >= 0.6 is 0 Å². The van der Waals surface area contributed by atoms with Gasteiger partial charge < -0.3 is 7.96 Å². The topological polar surface area (TPSA) is 37.3 Å². The van der Waals surface area contributed by atoms with Crippen molar-refractivity contribution in [2.75, 3.05) is 0 Å². The zero-order chi connectivity index (χ0) is 14.9. The van der Waals surface area contributed by atoms with Crippen molar-refractivity contribution in [1.82, 2.24) is 0 Å². The third-order valence-electron chi connectivity index (χ3n) is 3.99. The van der Waals surface area contributed by atoms with Gasteiger partial charge in [-0.25, -0.2) is 0 Å². The SMILES string of the molecule is CCCCCCCCCCCCCCCCCC(=O)O.[Be+2].[H-].[H-]. The van der Waals surface area contributed by atoms with Crippen molar-refractivity contribution < 1.29 is 12.8 Å². The molecule has 0 unspecified atom stereocenters. The summed E-state index contributed by atoms with van der Waals surface area (Å²) in [6, 6.07) is 0. The molecule has 0 aliphatic carbocycles. The molecule has 0 saturated carbocycles. The molecule has 3 heteroatoms. The Morgan fingerprint density at radius 3 is 1.24 bits per heavy atom. The Labute approximate surface area is 139 Å². The van der Waals surface area contributed by atoms with Crippen molar-refractivity contribution in [3.05, 3.63) is 0 Å². The Hall–Kier alpha value is -0.361. The number of carboxylic acids is 1. The van der Waals surface area contributed by atoms with Crippen LogP contribution in [0.5, 0.6) is 0 Å². The van der Waals surface area contributed by atoms with Crippen molar-refractivity contribution in [3.63, 3.8) is 0 Å². The normalized spacial score (nSPS) is 10.3. The van der Waals surface area contributed by atoms with E-state index in [2.05, 4.69) is 6.92 Å². The number of aliphatic carboxylic acids is 1. The molecule has 0 atom stereocenters. The van der Waals surface area contributed by atoms with Gasteiger partial charge in [-0.3, -0.25) is 4.79 Å². The average Bonchev–Trinajstić information content (AvgIpc) is 2.43. The fourth-order valence-electron chi connectivity index (χ4n) is 2.65. The Balaban J connectivity index is -0.000000602. The molecule has 0 radical (unpaired) electrons. The molecule has 1 N–H and O–H groups in total. The summed E-state index contributed by atoms with van der Waals surface area (Å²) in [5, 5.41) is 8.52. The van der Waals surface area contributed by atoms with Crippen LogP contribution in [0.3, 0.4) is 0 Å². The summed E-state index contributed by atoms with van der Waals surface area (Å²) in [6.45, 7) is 2.27. The summed E-state index contributed by atoms with van der Waals surface area (Å²) < 4.78 is 0. The van der Waals surface area contributed by atoms with E-state index in [1.165, 1.54) is 83.5 Å². The zero-order valence-corrected chi connectivity index (χ0v) is 14.4. The number of hydrogen-bond acceptors (Lipinski definition) is 1. The molecule has 21 heavy (non-hydrogen) atoms. The minimum Gasteiger partial charge on any atom is -1.00 e. The summed E-state index contributed by atoms with van der Waals surface area (Å²) in [5.41, 5.74) is 0. The van der Waals surface area contributed by atoms with E-state index in [9.17, 15) is 4.79 Å². The van der Waals surface area contributed by atoms with Crippen molar-refractivity contribution in [2.45, 2.75) is 110 Å². The Morgan fingerprint density at radius 2 is 0.952 bits per heavy atom. The first-order valence-electron chi connectivity index (χ1n) is 8.99. The predicted molar refractivity (Wildman–Crippen MR) is 95.2 cm³/mol. The minimum atomic E-state index is -0.653. The van der Waals surface area contributed by atoms with Crippen LogP contribution in [0.25, 0.3) is 0 Å². The van der Waals surface area contributed by atoms with Gasteiger partial charge in [0.1, 0.15) is 0 Å². The van der Waals surface area contributed by atoms with Gasteiger partial charge in [0, 0.05) is 6.42 Å². The standard InChI is InChI=1S/C18H36O2.Be.2H/c1-2-3-4-5-6-7-8-9-10-11-12-13-14-15-16-17-18(19)20;;;/h2-17H2,1H3,(H,19,20);;;/q;+2;2*-1. The first-order chi connectivity index (χ1) is 9.77. The third-order valence-corrected chi connectivity index (χ3v) is 3.99. The molecular weight excluding hydrogens is 257 g/mol. The molecule has 0 bridgehead atoms. The first kappa shape index (κ1) is 22.9. The largest absolute Gasteiger partial charge is 2.00 e. The van der Waals surface area contributed by atoms with Gasteiger partial charge in [-0.2, -0.15) is 0 Å². The van der Waals surface area contributed by atoms with E-state index in [0.717, 1.165) is 12.8 Å². The van der Waals surface area contributed by atoms with E-state index in [1.807, 2.05) is 0 Å². The number of carboxylic acid groups (broad SMARTS) is 1. The predicted octanol–water partition coefficient (Wildman–Crippen LogP) is 6.18. The summed E-state index contributed by atoms with van der Waals surface area (Å²) in [5.74, 6) is -0.653. The summed E-state index contributed by atoms with van der Waals surface area (Å²) in [4.78, 5) is 10.3. The third kappa shape index (κ3) is 22.1. The maximum Gasteiger partial charge on any atom is 2.00 e. The van der Waals surface area contributed by atoms with Crippen LogP contribution in [0.4, 0.5) is 0 Å². The monoisotopic (exact) mass is 295 g/mol. The van der Waals surface area contributed by atoms with E-state index in [1.54, 1.807) is 0 Å². The molecule has 0 rings (SSSR count). The van der Waals surface area contributed by atoms with Crippen LogP contribution in [0, 0.1) is 0 Å². The molecule has 0 aromatic heterocycles. The number of carbonyl (C=O) groups is 1. The van der Waals surface area contributed by atoms with Gasteiger partial charge in [0.25, 0.3) is 0 Å². The molecule has 0 saturated heterocycles. The van der Waals surface area contributed by atoms with Crippen LogP contribution in [0.15, 0.2) is 0 Å². The van der Waals surface area contributed by atoms with Crippen LogP contribution in [0.1, 0.15) is 113 Å². The summed E-state index contributed by atoms with van der Waals surface area (Å²) in [7, 11) is 0. The van der Waals surface area contributed by atoms with Gasteiger partial charge in [0.15, 0.2) is 0 Å². The van der Waals surface area contributed by atoms with Crippen LogP contribution < -0.4 is 0 Å². The van der Waals surface area contributed by atoms with Gasteiger partial charge in [-0.05, 0) is 6.42 Å².